The summed E-state index contributed by atoms with van der Waals surface area (Å²) in [6.07, 6.45) is 1.15. The lowest BCUT2D eigenvalue weighted by Crippen LogP contribution is -2.12. The lowest BCUT2D eigenvalue weighted by molar-refractivity contribution is -0.110. The van der Waals surface area contributed by atoms with Crippen LogP contribution in [-0.4, -0.2) is 32.2 Å². The number of nitrogens with one attached hydrogen (secondary N) is 1. The van der Waals surface area contributed by atoms with Gasteiger partial charge in [0, 0.05) is 13.5 Å². The topological polar surface area (TPSA) is 50.7 Å². The van der Waals surface area contributed by atoms with Gasteiger partial charge < -0.3 is 10.2 Å². The maximum atomic E-state index is 10.2. The average molecular weight is 144 g/mol. The van der Waals surface area contributed by atoms with E-state index in [0.29, 0.717) is 6.61 Å². The first-order valence-corrected chi connectivity index (χ1v) is 3.08. The van der Waals surface area contributed by atoms with Crippen molar-refractivity contribution >= 4 is 12.0 Å². The van der Waals surface area contributed by atoms with E-state index in [0.717, 1.165) is 12.8 Å². The Hall–Kier alpha value is -0.900. The molecule has 0 aromatic carbocycles. The van der Waals surface area contributed by atoms with Crippen LogP contribution in [0.5, 0.6) is 0 Å². The summed E-state index contributed by atoms with van der Waals surface area (Å²) in [5.74, 6) is -0.107. The zero-order chi connectivity index (χ0) is 7.82. The number of nitrogens with zero attached hydrogens (tertiary/aromatic N) is 1. The van der Waals surface area contributed by atoms with E-state index in [1.54, 1.807) is 0 Å². The third-order valence-corrected chi connectivity index (χ3v) is 0.752. The molecule has 0 fully saturated rings. The Morgan fingerprint density at radius 1 is 1.80 bits per heavy atom. The molecule has 58 valence electrons. The van der Waals surface area contributed by atoms with Crippen LogP contribution in [-0.2, 0) is 9.63 Å². The van der Waals surface area contributed by atoms with Crippen molar-refractivity contribution in [2.75, 3.05) is 20.2 Å². The highest BCUT2D eigenvalue weighted by Crippen LogP contribution is 1.72. The van der Waals surface area contributed by atoms with Gasteiger partial charge in [-0.2, -0.15) is 0 Å². The number of likely N-dealkylation sites (N-methyl/N-ethyl adjacent to an activating group) is 1. The first-order valence-electron chi connectivity index (χ1n) is 3.08. The second kappa shape index (κ2) is 6.22. The summed E-state index contributed by atoms with van der Waals surface area (Å²) in [5, 5.41) is 6.27. The van der Waals surface area contributed by atoms with Crippen LogP contribution in [0.1, 0.15) is 6.92 Å². The Labute approximate surface area is 60.2 Å². The minimum atomic E-state index is -0.107. The largest absolute Gasteiger partial charge is 0.394 e. The van der Waals surface area contributed by atoms with E-state index in [-0.39, 0.29) is 5.78 Å². The number of carbonyl (C=O) groups is 1. The van der Waals surface area contributed by atoms with Gasteiger partial charge in [0.2, 0.25) is 0 Å². The van der Waals surface area contributed by atoms with E-state index in [2.05, 4.69) is 15.3 Å². The fourth-order valence-corrected chi connectivity index (χ4v) is 0.312. The highest BCUT2D eigenvalue weighted by molar-refractivity contribution is 6.26. The smallest absolute Gasteiger partial charge is 0.174 e. The molecule has 0 aliphatic carbocycles. The molecule has 1 N–H and O–H groups in total. The Balaban J connectivity index is 3.10. The van der Waals surface area contributed by atoms with Crippen molar-refractivity contribution in [3.63, 3.8) is 0 Å². The zero-order valence-electron chi connectivity index (χ0n) is 6.26. The lowest BCUT2D eigenvalue weighted by atomic mass is 10.5. The van der Waals surface area contributed by atoms with Crippen molar-refractivity contribution in [1.29, 1.82) is 0 Å². The fraction of sp³-hybridized carbons (Fsp3) is 0.667. The standard InChI is InChI=1S/C6H12N2O2/c1-6(9)5-8-10-4-3-7-2/h5,7H,3-4H2,1-2H3/b8-5+. The number of rotatable bonds is 5. The number of oxime groups is 1. The molecule has 0 saturated carbocycles. The molecule has 0 bridgehead atoms. The van der Waals surface area contributed by atoms with Gasteiger partial charge in [-0.3, -0.25) is 4.79 Å². The third kappa shape index (κ3) is 7.10. The predicted molar refractivity (Wildman–Crippen MR) is 39.1 cm³/mol. The number of hydrogen-bond donors (Lipinski definition) is 1. The molecule has 0 heterocycles. The van der Waals surface area contributed by atoms with Gasteiger partial charge in [-0.15, -0.1) is 0 Å². The van der Waals surface area contributed by atoms with E-state index >= 15 is 0 Å². The quantitative estimate of drug-likeness (QED) is 0.330. The van der Waals surface area contributed by atoms with Crippen LogP contribution in [0.15, 0.2) is 5.16 Å². The highest BCUT2D eigenvalue weighted by atomic mass is 16.6. The number of Topliss-reactive ketones (excluding diaryl/α,β-unsaturated/α-hetero) is 1. The minimum Gasteiger partial charge on any atom is -0.394 e. The van der Waals surface area contributed by atoms with Gasteiger partial charge in [-0.05, 0) is 7.05 Å². The van der Waals surface area contributed by atoms with Crippen molar-refractivity contribution in [2.24, 2.45) is 5.16 Å². The molecule has 10 heavy (non-hydrogen) atoms. The Bertz CT molecular complexity index is 123. The van der Waals surface area contributed by atoms with E-state index < -0.39 is 0 Å². The van der Waals surface area contributed by atoms with Gasteiger partial charge in [0.25, 0.3) is 0 Å². The molecule has 0 aliphatic rings. The molecule has 0 amide bonds. The molecular formula is C6H12N2O2. The summed E-state index contributed by atoms with van der Waals surface area (Å²) < 4.78 is 0. The molecule has 4 nitrogen and oxygen atoms in total. The van der Waals surface area contributed by atoms with Gasteiger partial charge in [0.15, 0.2) is 5.78 Å². The van der Waals surface area contributed by atoms with Crippen LogP contribution in [0.2, 0.25) is 0 Å². The molecule has 0 aromatic rings. The molecule has 0 unspecified atom stereocenters. The predicted octanol–water partition coefficient (Wildman–Crippen LogP) is -0.203. The van der Waals surface area contributed by atoms with Crippen LogP contribution in [0, 0.1) is 0 Å². The summed E-state index contributed by atoms with van der Waals surface area (Å²) in [5.41, 5.74) is 0. The minimum absolute atomic E-state index is 0.107. The zero-order valence-corrected chi connectivity index (χ0v) is 6.26. The normalized spacial score (nSPS) is 10.2. The summed E-state index contributed by atoms with van der Waals surface area (Å²) in [6, 6.07) is 0. The first-order chi connectivity index (χ1) is 4.77. The maximum Gasteiger partial charge on any atom is 0.174 e. The Kier molecular flexibility index (Phi) is 5.66. The van der Waals surface area contributed by atoms with Crippen molar-refractivity contribution in [3.05, 3.63) is 0 Å². The van der Waals surface area contributed by atoms with Gasteiger partial charge in [-0.25, -0.2) is 0 Å². The van der Waals surface area contributed by atoms with Crippen LogP contribution in [0.25, 0.3) is 0 Å². The second-order valence-corrected chi connectivity index (χ2v) is 1.78. The van der Waals surface area contributed by atoms with Gasteiger partial charge in [0.05, 0.1) is 0 Å². The average Bonchev–Trinajstić information content (AvgIpc) is 1.87. The molecule has 0 aliphatic heterocycles. The van der Waals surface area contributed by atoms with Gasteiger partial charge in [0.1, 0.15) is 12.8 Å². The number of ketones is 1. The first kappa shape index (κ1) is 9.10. The van der Waals surface area contributed by atoms with Gasteiger partial charge in [-0.1, -0.05) is 5.16 Å². The summed E-state index contributed by atoms with van der Waals surface area (Å²) in [4.78, 5) is 14.9. The molecule has 0 saturated heterocycles. The molecule has 4 heteroatoms. The van der Waals surface area contributed by atoms with Crippen molar-refractivity contribution < 1.29 is 9.63 Å². The summed E-state index contributed by atoms with van der Waals surface area (Å²) in [6.45, 7) is 2.64. The maximum absolute atomic E-state index is 10.2. The Morgan fingerprint density at radius 2 is 2.50 bits per heavy atom. The molecule has 0 atom stereocenters. The van der Waals surface area contributed by atoms with E-state index in [9.17, 15) is 4.79 Å². The molecule has 0 rings (SSSR count). The van der Waals surface area contributed by atoms with Crippen molar-refractivity contribution in [2.45, 2.75) is 6.92 Å². The van der Waals surface area contributed by atoms with Crippen molar-refractivity contribution in [1.82, 2.24) is 5.32 Å². The van der Waals surface area contributed by atoms with E-state index in [1.807, 2.05) is 7.05 Å². The highest BCUT2D eigenvalue weighted by Gasteiger charge is 1.83. The van der Waals surface area contributed by atoms with Crippen molar-refractivity contribution in [3.8, 4) is 0 Å². The monoisotopic (exact) mass is 144 g/mol. The molecule has 0 radical (unpaired) electrons. The van der Waals surface area contributed by atoms with Crippen LogP contribution in [0.3, 0.4) is 0 Å². The number of hydrogen-bond acceptors (Lipinski definition) is 4. The molecule has 0 aromatic heterocycles. The third-order valence-electron chi connectivity index (χ3n) is 0.752. The van der Waals surface area contributed by atoms with Crippen LogP contribution in [0.4, 0.5) is 0 Å². The van der Waals surface area contributed by atoms with E-state index in [4.69, 9.17) is 0 Å². The Morgan fingerprint density at radius 3 is 3.00 bits per heavy atom. The fourth-order valence-electron chi connectivity index (χ4n) is 0.312. The second-order valence-electron chi connectivity index (χ2n) is 1.78. The summed E-state index contributed by atoms with van der Waals surface area (Å²) in [7, 11) is 1.82. The SMILES string of the molecule is CNCCO/N=C/C(C)=O. The molecule has 0 spiro atoms. The lowest BCUT2D eigenvalue weighted by Gasteiger charge is -1.95. The van der Waals surface area contributed by atoms with Gasteiger partial charge >= 0.3 is 0 Å². The number of carbonyl (C=O) groups excluding carboxylic acids is 1. The summed E-state index contributed by atoms with van der Waals surface area (Å²) >= 11 is 0. The molecular weight excluding hydrogens is 132 g/mol. The van der Waals surface area contributed by atoms with Crippen LogP contribution < -0.4 is 5.32 Å². The van der Waals surface area contributed by atoms with Crippen LogP contribution >= 0.6 is 0 Å². The van der Waals surface area contributed by atoms with E-state index in [1.165, 1.54) is 6.92 Å².